The number of fused-ring (bicyclic) bond motifs is 3. The van der Waals surface area contributed by atoms with Crippen molar-refractivity contribution in [2.24, 2.45) is 5.92 Å². The van der Waals surface area contributed by atoms with Crippen LogP contribution < -0.4 is 4.72 Å². The minimum absolute atomic E-state index is 0.0529. The van der Waals surface area contributed by atoms with E-state index in [2.05, 4.69) is 4.72 Å². The fourth-order valence-corrected chi connectivity index (χ4v) is 4.73. The summed E-state index contributed by atoms with van der Waals surface area (Å²) in [5.41, 5.74) is 1.85. The van der Waals surface area contributed by atoms with Crippen LogP contribution in [0.2, 0.25) is 0 Å². The van der Waals surface area contributed by atoms with Gasteiger partial charge in [-0.15, -0.1) is 0 Å². The van der Waals surface area contributed by atoms with Gasteiger partial charge in [0.1, 0.15) is 28.7 Å². The summed E-state index contributed by atoms with van der Waals surface area (Å²) in [6.07, 6.45) is 0. The highest BCUT2D eigenvalue weighted by atomic mass is 32.2. The highest BCUT2D eigenvalue weighted by Gasteiger charge is 2.28. The van der Waals surface area contributed by atoms with E-state index in [0.29, 0.717) is 11.2 Å². The molecule has 0 saturated heterocycles. The van der Waals surface area contributed by atoms with Crippen LogP contribution in [0.5, 0.6) is 0 Å². The molecular weight excluding hydrogens is 406 g/mol. The summed E-state index contributed by atoms with van der Waals surface area (Å²) < 4.78 is 39.3. The van der Waals surface area contributed by atoms with Crippen molar-refractivity contribution in [3.8, 4) is 11.3 Å². The SMILES string of the molecule is Cc1ccc(-c2ccc3c(c2)oc2cc(S(=O)(=O)NC(C(=O)O)C(C)C)ccc23)o1. The molecule has 0 aliphatic rings. The third kappa shape index (κ3) is 3.59. The van der Waals surface area contributed by atoms with Crippen molar-refractivity contribution in [3.05, 3.63) is 54.3 Å². The zero-order valence-electron chi connectivity index (χ0n) is 16.7. The number of hydrogen-bond acceptors (Lipinski definition) is 5. The van der Waals surface area contributed by atoms with Crippen molar-refractivity contribution in [1.29, 1.82) is 0 Å². The molecule has 7 nitrogen and oxygen atoms in total. The highest BCUT2D eigenvalue weighted by molar-refractivity contribution is 7.89. The van der Waals surface area contributed by atoms with Gasteiger partial charge in [-0.3, -0.25) is 4.79 Å². The molecule has 4 rings (SSSR count). The lowest BCUT2D eigenvalue weighted by Gasteiger charge is -2.17. The first kappa shape index (κ1) is 20.2. The molecule has 4 aromatic rings. The van der Waals surface area contributed by atoms with Crippen molar-refractivity contribution in [2.75, 3.05) is 0 Å². The number of benzene rings is 2. The van der Waals surface area contributed by atoms with Crippen molar-refractivity contribution in [3.63, 3.8) is 0 Å². The predicted octanol–water partition coefficient (Wildman–Crippen LogP) is 4.54. The monoisotopic (exact) mass is 427 g/mol. The van der Waals surface area contributed by atoms with Crippen molar-refractivity contribution in [2.45, 2.75) is 31.7 Å². The van der Waals surface area contributed by atoms with Crippen molar-refractivity contribution in [1.82, 2.24) is 4.72 Å². The maximum absolute atomic E-state index is 12.7. The number of furan rings is 2. The van der Waals surface area contributed by atoms with Gasteiger partial charge in [-0.1, -0.05) is 19.9 Å². The summed E-state index contributed by atoms with van der Waals surface area (Å²) in [7, 11) is -4.03. The van der Waals surface area contributed by atoms with Crippen molar-refractivity contribution >= 4 is 37.9 Å². The van der Waals surface area contributed by atoms with E-state index >= 15 is 0 Å². The fraction of sp³-hybridized carbons (Fsp3) is 0.227. The molecule has 2 aromatic heterocycles. The lowest BCUT2D eigenvalue weighted by molar-refractivity contribution is -0.140. The number of carboxylic acids is 1. The van der Waals surface area contributed by atoms with Gasteiger partial charge in [-0.05, 0) is 49.2 Å². The number of carboxylic acid groups (broad SMARTS) is 1. The van der Waals surface area contributed by atoms with E-state index in [1.54, 1.807) is 19.9 Å². The van der Waals surface area contributed by atoms with Gasteiger partial charge in [0.15, 0.2) is 0 Å². The molecule has 0 bridgehead atoms. The second-order valence-corrected chi connectivity index (χ2v) is 9.28. The number of aliphatic carboxylic acids is 1. The van der Waals surface area contributed by atoms with Gasteiger partial charge in [0.05, 0.1) is 4.90 Å². The lowest BCUT2D eigenvalue weighted by Crippen LogP contribution is -2.44. The average Bonchev–Trinajstić information content (AvgIpc) is 3.27. The Bertz CT molecular complexity index is 1360. The number of carbonyl (C=O) groups is 1. The summed E-state index contributed by atoms with van der Waals surface area (Å²) in [5.74, 6) is -0.108. The zero-order chi connectivity index (χ0) is 21.6. The van der Waals surface area contributed by atoms with Crippen LogP contribution in [0.25, 0.3) is 33.3 Å². The molecule has 0 aliphatic heterocycles. The predicted molar refractivity (Wildman–Crippen MR) is 113 cm³/mol. The molecule has 1 atom stereocenters. The van der Waals surface area contributed by atoms with E-state index in [1.807, 2.05) is 37.3 Å². The summed E-state index contributed by atoms with van der Waals surface area (Å²) in [6, 6.07) is 12.7. The van der Waals surface area contributed by atoms with Crippen LogP contribution >= 0.6 is 0 Å². The number of aryl methyl sites for hydroxylation is 1. The number of nitrogens with one attached hydrogen (secondary N) is 1. The second-order valence-electron chi connectivity index (χ2n) is 7.56. The first-order valence-corrected chi connectivity index (χ1v) is 10.9. The molecule has 2 aromatic carbocycles. The highest BCUT2D eigenvalue weighted by Crippen LogP contribution is 2.33. The van der Waals surface area contributed by atoms with E-state index in [1.165, 1.54) is 12.1 Å². The largest absolute Gasteiger partial charge is 0.480 e. The van der Waals surface area contributed by atoms with Crippen LogP contribution in [0.15, 0.2) is 62.3 Å². The fourth-order valence-electron chi connectivity index (χ4n) is 3.37. The van der Waals surface area contributed by atoms with Gasteiger partial charge in [0.2, 0.25) is 10.0 Å². The van der Waals surface area contributed by atoms with Crippen LogP contribution in [-0.4, -0.2) is 25.5 Å². The topological polar surface area (TPSA) is 110 Å². The number of sulfonamides is 1. The number of hydrogen-bond donors (Lipinski definition) is 2. The van der Waals surface area contributed by atoms with Gasteiger partial charge in [0.25, 0.3) is 0 Å². The minimum Gasteiger partial charge on any atom is -0.480 e. The second kappa shape index (κ2) is 7.30. The molecule has 0 spiro atoms. The average molecular weight is 427 g/mol. The van der Waals surface area contributed by atoms with Crippen LogP contribution in [0.4, 0.5) is 0 Å². The standard InChI is InChI=1S/C22H21NO6S/c1-12(2)21(22(24)25)23-30(26,27)15-6-8-17-16-7-5-14(18-9-4-13(3)28-18)10-19(16)29-20(17)11-15/h4-12,21,23H,1-3H3,(H,24,25). The molecule has 2 heterocycles. The number of rotatable bonds is 6. The summed E-state index contributed by atoms with van der Waals surface area (Å²) >= 11 is 0. The van der Waals surface area contributed by atoms with E-state index < -0.39 is 28.0 Å². The Morgan fingerprint density at radius 2 is 1.63 bits per heavy atom. The molecular formula is C22H21NO6S. The molecule has 0 radical (unpaired) electrons. The summed E-state index contributed by atoms with van der Waals surface area (Å²) in [5, 5.41) is 10.9. The van der Waals surface area contributed by atoms with E-state index in [-0.39, 0.29) is 4.90 Å². The molecule has 0 aliphatic carbocycles. The molecule has 0 saturated carbocycles. The Morgan fingerprint density at radius 1 is 0.967 bits per heavy atom. The Hall–Kier alpha value is -3.10. The molecule has 8 heteroatoms. The minimum atomic E-state index is -4.03. The molecule has 1 unspecified atom stereocenters. The third-order valence-electron chi connectivity index (χ3n) is 4.99. The molecule has 0 fully saturated rings. The van der Waals surface area contributed by atoms with Crippen LogP contribution in [0, 0.1) is 12.8 Å². The van der Waals surface area contributed by atoms with Gasteiger partial charge >= 0.3 is 5.97 Å². The van der Waals surface area contributed by atoms with E-state index in [9.17, 15) is 18.3 Å². The van der Waals surface area contributed by atoms with Crippen LogP contribution in [0.1, 0.15) is 19.6 Å². The maximum atomic E-state index is 12.7. The van der Waals surface area contributed by atoms with Crippen LogP contribution in [0.3, 0.4) is 0 Å². The van der Waals surface area contributed by atoms with Crippen molar-refractivity contribution < 1.29 is 27.2 Å². The van der Waals surface area contributed by atoms with Crippen LogP contribution in [-0.2, 0) is 14.8 Å². The van der Waals surface area contributed by atoms with Gasteiger partial charge in [0, 0.05) is 22.4 Å². The first-order valence-electron chi connectivity index (χ1n) is 9.44. The summed E-state index contributed by atoms with van der Waals surface area (Å²) in [4.78, 5) is 11.3. The first-order chi connectivity index (χ1) is 14.2. The van der Waals surface area contributed by atoms with Gasteiger partial charge in [-0.25, -0.2) is 8.42 Å². The van der Waals surface area contributed by atoms with E-state index in [0.717, 1.165) is 27.9 Å². The maximum Gasteiger partial charge on any atom is 0.322 e. The Morgan fingerprint density at radius 3 is 2.23 bits per heavy atom. The lowest BCUT2D eigenvalue weighted by atomic mass is 10.1. The quantitative estimate of drug-likeness (QED) is 0.467. The Balaban J connectivity index is 1.75. The normalized spacial score (nSPS) is 13.3. The molecule has 2 N–H and O–H groups in total. The zero-order valence-corrected chi connectivity index (χ0v) is 17.5. The van der Waals surface area contributed by atoms with Gasteiger partial charge < -0.3 is 13.9 Å². The molecule has 30 heavy (non-hydrogen) atoms. The summed E-state index contributed by atoms with van der Waals surface area (Å²) in [6.45, 7) is 5.15. The Kier molecular flexibility index (Phi) is 4.91. The van der Waals surface area contributed by atoms with E-state index in [4.69, 9.17) is 8.83 Å². The molecule has 0 amide bonds. The smallest absolute Gasteiger partial charge is 0.322 e. The Labute approximate surface area is 173 Å². The third-order valence-corrected chi connectivity index (χ3v) is 6.43. The molecule has 156 valence electrons. The van der Waals surface area contributed by atoms with Gasteiger partial charge in [-0.2, -0.15) is 4.72 Å².